The number of nitrogens with zero attached hydrogens (tertiary/aromatic N) is 1. The molecule has 1 N–H and O–H groups in total. The van der Waals surface area contributed by atoms with Crippen molar-refractivity contribution in [3.63, 3.8) is 0 Å². The fraction of sp³-hybridized carbons (Fsp3) is 0.409. The monoisotopic (exact) mass is 368 g/mol. The lowest BCUT2D eigenvalue weighted by Crippen LogP contribution is -2.38. The van der Waals surface area contributed by atoms with E-state index in [1.54, 1.807) is 7.11 Å². The van der Waals surface area contributed by atoms with E-state index in [4.69, 9.17) is 9.47 Å². The van der Waals surface area contributed by atoms with Gasteiger partial charge in [0.05, 0.1) is 13.2 Å². The summed E-state index contributed by atoms with van der Waals surface area (Å²) in [6.45, 7) is 4.65. The van der Waals surface area contributed by atoms with E-state index in [0.717, 1.165) is 30.0 Å². The highest BCUT2D eigenvalue weighted by Gasteiger charge is 2.26. The Bertz CT molecular complexity index is 739. The van der Waals surface area contributed by atoms with Gasteiger partial charge in [0, 0.05) is 12.1 Å². The van der Waals surface area contributed by atoms with Gasteiger partial charge >= 0.3 is 0 Å². The Labute approximate surface area is 161 Å². The lowest BCUT2D eigenvalue weighted by molar-refractivity contribution is -0.123. The second-order valence-electron chi connectivity index (χ2n) is 6.91. The Balaban J connectivity index is 1.60. The largest absolute Gasteiger partial charge is 0.496 e. The topological polar surface area (TPSA) is 50.8 Å². The molecular weight excluding hydrogens is 340 g/mol. The van der Waals surface area contributed by atoms with Crippen LogP contribution in [-0.4, -0.2) is 44.2 Å². The number of carbonyl (C=O) groups excluding carboxylic acids is 1. The maximum absolute atomic E-state index is 12.3. The number of para-hydroxylation sites is 1. The number of ether oxygens (including phenoxy) is 2. The molecule has 5 nitrogen and oxygen atoms in total. The highest BCUT2D eigenvalue weighted by Crippen LogP contribution is 2.31. The van der Waals surface area contributed by atoms with Gasteiger partial charge in [0.2, 0.25) is 0 Å². The van der Waals surface area contributed by atoms with Crippen LogP contribution in [0.2, 0.25) is 0 Å². The summed E-state index contributed by atoms with van der Waals surface area (Å²) >= 11 is 0. The van der Waals surface area contributed by atoms with Crippen LogP contribution in [0.4, 0.5) is 0 Å². The van der Waals surface area contributed by atoms with Crippen LogP contribution < -0.4 is 14.8 Å². The summed E-state index contributed by atoms with van der Waals surface area (Å²) in [5.74, 6) is 1.45. The van der Waals surface area contributed by atoms with Gasteiger partial charge in [-0.3, -0.25) is 9.69 Å². The first-order valence-electron chi connectivity index (χ1n) is 9.50. The third-order valence-electron chi connectivity index (χ3n) is 4.96. The maximum Gasteiger partial charge on any atom is 0.258 e. The van der Waals surface area contributed by atoms with Crippen LogP contribution >= 0.6 is 0 Å². The van der Waals surface area contributed by atoms with Gasteiger partial charge < -0.3 is 14.8 Å². The second kappa shape index (κ2) is 9.42. The van der Waals surface area contributed by atoms with Crippen molar-refractivity contribution in [1.82, 2.24) is 10.2 Å². The Hall–Kier alpha value is -2.53. The molecule has 0 radical (unpaired) electrons. The molecule has 27 heavy (non-hydrogen) atoms. The molecule has 1 saturated heterocycles. The van der Waals surface area contributed by atoms with Gasteiger partial charge in [0.1, 0.15) is 11.5 Å². The average Bonchev–Trinajstić information content (AvgIpc) is 3.22. The molecular formula is C22H28N2O3. The molecule has 0 aliphatic carbocycles. The Morgan fingerprint density at radius 1 is 1.11 bits per heavy atom. The van der Waals surface area contributed by atoms with Gasteiger partial charge in [-0.1, -0.05) is 35.9 Å². The van der Waals surface area contributed by atoms with E-state index in [1.807, 2.05) is 49.4 Å². The number of methoxy groups -OCH3 is 1. The van der Waals surface area contributed by atoms with Gasteiger partial charge in [-0.25, -0.2) is 0 Å². The number of aryl methyl sites for hydroxylation is 1. The highest BCUT2D eigenvalue weighted by atomic mass is 16.5. The lowest BCUT2D eigenvalue weighted by atomic mass is 10.0. The highest BCUT2D eigenvalue weighted by molar-refractivity contribution is 5.77. The molecule has 0 bridgehead atoms. The van der Waals surface area contributed by atoms with E-state index in [1.165, 1.54) is 12.8 Å². The first-order chi connectivity index (χ1) is 13.2. The standard InChI is InChI=1S/C22H28N2O3/c1-17-9-11-18(12-10-17)27-16-22(25)23-15-20(24-13-5-6-14-24)19-7-3-4-8-21(19)26-2/h3-4,7-12,20H,5-6,13-16H2,1-2H3,(H,23,25). The summed E-state index contributed by atoms with van der Waals surface area (Å²) in [5, 5.41) is 3.03. The summed E-state index contributed by atoms with van der Waals surface area (Å²) < 4.78 is 11.1. The van der Waals surface area contributed by atoms with Crippen molar-refractivity contribution in [1.29, 1.82) is 0 Å². The number of hydrogen-bond donors (Lipinski definition) is 1. The van der Waals surface area contributed by atoms with Gasteiger partial charge in [-0.05, 0) is 51.1 Å². The summed E-state index contributed by atoms with van der Waals surface area (Å²) in [4.78, 5) is 14.7. The van der Waals surface area contributed by atoms with Crippen molar-refractivity contribution in [2.45, 2.75) is 25.8 Å². The minimum Gasteiger partial charge on any atom is -0.496 e. The Morgan fingerprint density at radius 3 is 2.52 bits per heavy atom. The molecule has 0 aromatic heterocycles. The number of benzene rings is 2. The first-order valence-corrected chi connectivity index (χ1v) is 9.50. The predicted octanol–water partition coefficient (Wildman–Crippen LogP) is 3.34. The normalized spacial score (nSPS) is 15.3. The van der Waals surface area contributed by atoms with Crippen molar-refractivity contribution in [3.8, 4) is 11.5 Å². The molecule has 1 aliphatic rings. The van der Waals surface area contributed by atoms with E-state index in [0.29, 0.717) is 12.3 Å². The van der Waals surface area contributed by atoms with Crippen molar-refractivity contribution in [2.75, 3.05) is 33.4 Å². The van der Waals surface area contributed by atoms with Crippen molar-refractivity contribution >= 4 is 5.91 Å². The zero-order valence-electron chi connectivity index (χ0n) is 16.1. The molecule has 3 rings (SSSR count). The van der Waals surface area contributed by atoms with E-state index in [2.05, 4.69) is 16.3 Å². The number of amides is 1. The number of nitrogens with one attached hydrogen (secondary N) is 1. The predicted molar refractivity (Wildman–Crippen MR) is 106 cm³/mol. The number of hydrogen-bond acceptors (Lipinski definition) is 4. The van der Waals surface area contributed by atoms with Gasteiger partial charge in [0.25, 0.3) is 5.91 Å². The molecule has 1 aliphatic heterocycles. The molecule has 1 unspecified atom stereocenters. The van der Waals surface area contributed by atoms with Gasteiger partial charge in [0.15, 0.2) is 6.61 Å². The smallest absolute Gasteiger partial charge is 0.258 e. The molecule has 1 atom stereocenters. The second-order valence-corrected chi connectivity index (χ2v) is 6.91. The van der Waals surface area contributed by atoms with Gasteiger partial charge in [-0.2, -0.15) is 0 Å². The number of rotatable bonds is 8. The maximum atomic E-state index is 12.3. The quantitative estimate of drug-likeness (QED) is 0.776. The molecule has 144 valence electrons. The molecule has 0 spiro atoms. The molecule has 2 aromatic rings. The van der Waals surface area contributed by atoms with Crippen molar-refractivity contribution in [3.05, 3.63) is 59.7 Å². The SMILES string of the molecule is COc1ccccc1C(CNC(=O)COc1ccc(C)cc1)N1CCCC1. The lowest BCUT2D eigenvalue weighted by Gasteiger charge is -2.29. The van der Waals surface area contributed by atoms with Crippen LogP contribution in [0.3, 0.4) is 0 Å². The van der Waals surface area contributed by atoms with E-state index >= 15 is 0 Å². The molecule has 2 aromatic carbocycles. The molecule has 0 saturated carbocycles. The van der Waals surface area contributed by atoms with Crippen molar-refractivity contribution in [2.24, 2.45) is 0 Å². The summed E-state index contributed by atoms with van der Waals surface area (Å²) in [6.07, 6.45) is 2.38. The third-order valence-corrected chi connectivity index (χ3v) is 4.96. The number of carbonyl (C=O) groups is 1. The summed E-state index contributed by atoms with van der Waals surface area (Å²) in [7, 11) is 1.69. The zero-order chi connectivity index (χ0) is 19.1. The minimum absolute atomic E-state index is 0.0156. The van der Waals surface area contributed by atoms with Crippen LogP contribution in [0.1, 0.15) is 30.0 Å². The minimum atomic E-state index is -0.116. The molecule has 1 fully saturated rings. The summed E-state index contributed by atoms with van der Waals surface area (Å²) in [5.41, 5.74) is 2.28. The third kappa shape index (κ3) is 5.23. The van der Waals surface area contributed by atoms with Crippen LogP contribution in [0.15, 0.2) is 48.5 Å². The van der Waals surface area contributed by atoms with E-state index in [9.17, 15) is 4.79 Å². The van der Waals surface area contributed by atoms with Crippen LogP contribution in [0.25, 0.3) is 0 Å². The fourth-order valence-electron chi connectivity index (χ4n) is 3.48. The summed E-state index contributed by atoms with van der Waals surface area (Å²) in [6, 6.07) is 15.8. The van der Waals surface area contributed by atoms with Crippen LogP contribution in [-0.2, 0) is 4.79 Å². The Morgan fingerprint density at radius 2 is 1.81 bits per heavy atom. The molecule has 5 heteroatoms. The van der Waals surface area contributed by atoms with Crippen LogP contribution in [0, 0.1) is 6.92 Å². The van der Waals surface area contributed by atoms with Crippen LogP contribution in [0.5, 0.6) is 11.5 Å². The number of likely N-dealkylation sites (tertiary alicyclic amines) is 1. The fourth-order valence-corrected chi connectivity index (χ4v) is 3.48. The molecule has 1 amide bonds. The first kappa shape index (κ1) is 19.2. The van der Waals surface area contributed by atoms with Crippen molar-refractivity contribution < 1.29 is 14.3 Å². The van der Waals surface area contributed by atoms with Gasteiger partial charge in [-0.15, -0.1) is 0 Å². The Kier molecular flexibility index (Phi) is 6.71. The molecule has 1 heterocycles. The van der Waals surface area contributed by atoms with E-state index in [-0.39, 0.29) is 18.6 Å². The average molecular weight is 368 g/mol. The zero-order valence-corrected chi connectivity index (χ0v) is 16.1. The van der Waals surface area contributed by atoms with E-state index < -0.39 is 0 Å².